The molecule has 5 N–H and O–H groups in total. The maximum atomic E-state index is 14.5. The molecule has 0 bridgehead atoms. The average molecular weight is 886 g/mol. The summed E-state index contributed by atoms with van der Waals surface area (Å²) in [5.41, 5.74) is 4.64. The predicted octanol–water partition coefficient (Wildman–Crippen LogP) is 4.00. The highest BCUT2D eigenvalue weighted by Crippen LogP contribution is 2.29. The summed E-state index contributed by atoms with van der Waals surface area (Å²) in [6, 6.07) is 32.2. The Bertz CT molecular complexity index is 2200. The number of amides is 6. The van der Waals surface area contributed by atoms with Gasteiger partial charge in [-0.05, 0) is 104 Å². The van der Waals surface area contributed by atoms with E-state index < -0.39 is 18.0 Å². The number of nitrogens with zero attached hydrogens (tertiary/aromatic N) is 2. The number of carbonyl (C=O) groups is 6. The van der Waals surface area contributed by atoms with Crippen LogP contribution in [0.15, 0.2) is 109 Å². The minimum Gasteiger partial charge on any atom is -0.381 e. The molecule has 0 unspecified atom stereocenters. The van der Waals surface area contributed by atoms with Crippen LogP contribution in [0.25, 0.3) is 11.1 Å². The highest BCUT2D eigenvalue weighted by molar-refractivity contribution is 5.98. The van der Waals surface area contributed by atoms with Crippen LogP contribution in [0.1, 0.15) is 65.0 Å². The van der Waals surface area contributed by atoms with Crippen molar-refractivity contribution >= 4 is 35.4 Å². The first-order valence-corrected chi connectivity index (χ1v) is 22.8. The van der Waals surface area contributed by atoms with Gasteiger partial charge in [0.25, 0.3) is 11.8 Å². The average Bonchev–Trinajstić information content (AvgIpc) is 3.72. The molecule has 2 aliphatic rings. The second kappa shape index (κ2) is 24.1. The first-order chi connectivity index (χ1) is 31.5. The number of likely N-dealkylation sites (tertiary alicyclic amines) is 1. The number of hydrogen-bond acceptors (Lipinski definition) is 8. The van der Waals surface area contributed by atoms with Crippen molar-refractivity contribution in [3.05, 3.63) is 131 Å². The first-order valence-electron chi connectivity index (χ1n) is 22.8. The van der Waals surface area contributed by atoms with Crippen molar-refractivity contribution in [2.75, 3.05) is 59.5 Å². The summed E-state index contributed by atoms with van der Waals surface area (Å²) in [6.45, 7) is 6.22. The van der Waals surface area contributed by atoms with Crippen molar-refractivity contribution in [2.24, 2.45) is 11.8 Å². The van der Waals surface area contributed by atoms with Gasteiger partial charge < -0.3 is 41.1 Å². The highest BCUT2D eigenvalue weighted by atomic mass is 16.5. The van der Waals surface area contributed by atoms with Gasteiger partial charge in [0.15, 0.2) is 0 Å². The molecule has 4 aromatic rings. The van der Waals surface area contributed by atoms with Crippen molar-refractivity contribution in [3.63, 3.8) is 0 Å². The smallest absolute Gasteiger partial charge is 0.251 e. The summed E-state index contributed by atoms with van der Waals surface area (Å²) in [6.07, 6.45) is 3.39. The van der Waals surface area contributed by atoms with Crippen LogP contribution in [0.5, 0.6) is 0 Å². The van der Waals surface area contributed by atoms with E-state index in [-0.39, 0.29) is 67.0 Å². The summed E-state index contributed by atoms with van der Waals surface area (Å²) in [5, 5.41) is 14.3. The zero-order chi connectivity index (χ0) is 46.1. The van der Waals surface area contributed by atoms with Crippen molar-refractivity contribution < 1.29 is 33.5 Å². The normalized spacial score (nSPS) is 17.1. The van der Waals surface area contributed by atoms with Crippen LogP contribution in [0.3, 0.4) is 0 Å². The number of benzene rings is 4. The number of hydrogen-bond donors (Lipinski definition) is 5. The van der Waals surface area contributed by atoms with Gasteiger partial charge in [0.05, 0.1) is 25.2 Å². The summed E-state index contributed by atoms with van der Waals surface area (Å²) in [4.78, 5) is 83.7. The molecule has 2 aliphatic heterocycles. The van der Waals surface area contributed by atoms with E-state index in [0.717, 1.165) is 28.7 Å². The van der Waals surface area contributed by atoms with E-state index in [4.69, 9.17) is 4.74 Å². The van der Waals surface area contributed by atoms with E-state index in [1.807, 2.05) is 65.6 Å². The van der Waals surface area contributed by atoms with E-state index in [0.29, 0.717) is 69.7 Å². The molecule has 6 rings (SSSR count). The SMILES string of the molecule is CN[C@@H](C)C(=O)N[C@H](C(=O)N1CC[C@H](C)[C@H]1CN(CCc1ccccc1)C(=O)CNC(=O)c1ccc(-c2ccc(C(=O)NCC(=O)NCCc3ccccc3)cc2)cc1)C1CCOCC1. The molecule has 14 nitrogen and oxygen atoms in total. The molecule has 2 saturated heterocycles. The van der Waals surface area contributed by atoms with Crippen molar-refractivity contribution in [1.82, 2.24) is 36.4 Å². The third-order valence-electron chi connectivity index (χ3n) is 12.6. The molecule has 0 aliphatic carbocycles. The number of likely N-dealkylation sites (N-methyl/N-ethyl adjacent to an activating group) is 1. The fourth-order valence-corrected chi connectivity index (χ4v) is 8.34. The second-order valence-electron chi connectivity index (χ2n) is 17.0. The Morgan fingerprint density at radius 2 is 1.26 bits per heavy atom. The van der Waals surface area contributed by atoms with Crippen LogP contribution in [-0.2, 0) is 36.8 Å². The Kier molecular flexibility index (Phi) is 17.8. The van der Waals surface area contributed by atoms with Gasteiger partial charge in [0.2, 0.25) is 23.6 Å². The van der Waals surface area contributed by atoms with Crippen LogP contribution in [0, 0.1) is 11.8 Å². The van der Waals surface area contributed by atoms with Crippen molar-refractivity contribution in [2.45, 2.75) is 64.1 Å². The van der Waals surface area contributed by atoms with Crippen molar-refractivity contribution in [3.8, 4) is 11.1 Å². The van der Waals surface area contributed by atoms with Crippen LogP contribution in [0.4, 0.5) is 0 Å². The van der Waals surface area contributed by atoms with Crippen molar-refractivity contribution in [1.29, 1.82) is 0 Å². The van der Waals surface area contributed by atoms with E-state index in [1.54, 1.807) is 67.4 Å². The summed E-state index contributed by atoms with van der Waals surface area (Å²) < 4.78 is 5.59. The van der Waals surface area contributed by atoms with Gasteiger partial charge in [0.1, 0.15) is 6.04 Å². The fraction of sp³-hybridized carbons (Fsp3) is 0.412. The van der Waals surface area contributed by atoms with Gasteiger partial charge in [-0.1, -0.05) is 91.9 Å². The second-order valence-corrected chi connectivity index (χ2v) is 17.0. The monoisotopic (exact) mass is 885 g/mol. The van der Waals surface area contributed by atoms with Crippen LogP contribution >= 0.6 is 0 Å². The molecule has 65 heavy (non-hydrogen) atoms. The lowest BCUT2D eigenvalue weighted by atomic mass is 9.90. The molecular weight excluding hydrogens is 823 g/mol. The molecule has 6 amide bonds. The molecule has 0 radical (unpaired) electrons. The lowest BCUT2D eigenvalue weighted by Gasteiger charge is -2.37. The molecule has 0 saturated carbocycles. The topological polar surface area (TPSA) is 178 Å². The van der Waals surface area contributed by atoms with E-state index in [1.165, 1.54) is 0 Å². The third kappa shape index (κ3) is 13.8. The minimum atomic E-state index is -0.707. The Labute approximate surface area is 382 Å². The standard InChI is InChI=1S/C51H63N7O7/c1-35-23-29-58(51(64)47(41-25-30-65-31-26-41)56-48(61)36(2)52-3)44(35)34-57(28-24-38-12-8-5-9-13-38)46(60)33-55-50(63)43-20-16-40(17-21-43)39-14-18-42(19-15-39)49(62)54-32-45(59)53-27-22-37-10-6-4-7-11-37/h4-21,35-36,41,44,47,52H,22-34H2,1-3H3,(H,53,59)(H,54,62)(H,55,63)(H,56,61)/t35-,36-,44+,47-/m0/s1. The molecular formula is C51H63N7O7. The van der Waals surface area contributed by atoms with Crippen LogP contribution in [-0.4, -0.2) is 123 Å². The third-order valence-corrected chi connectivity index (χ3v) is 12.6. The minimum absolute atomic E-state index is 0.0669. The van der Waals surface area contributed by atoms with Gasteiger partial charge in [0, 0.05) is 50.5 Å². The number of rotatable bonds is 20. The van der Waals surface area contributed by atoms with Crippen LogP contribution in [0.2, 0.25) is 0 Å². The zero-order valence-electron chi connectivity index (χ0n) is 37.7. The van der Waals surface area contributed by atoms with Gasteiger partial charge in [-0.2, -0.15) is 0 Å². The molecule has 2 heterocycles. The lowest BCUT2D eigenvalue weighted by molar-refractivity contribution is -0.142. The van der Waals surface area contributed by atoms with Gasteiger partial charge in [-0.25, -0.2) is 0 Å². The highest BCUT2D eigenvalue weighted by Gasteiger charge is 2.42. The zero-order valence-corrected chi connectivity index (χ0v) is 37.7. The van der Waals surface area contributed by atoms with Gasteiger partial charge in [-0.15, -0.1) is 0 Å². The largest absolute Gasteiger partial charge is 0.381 e. The molecule has 2 fully saturated rings. The molecule has 0 spiro atoms. The molecule has 14 heteroatoms. The molecule has 344 valence electrons. The molecule has 4 atom stereocenters. The van der Waals surface area contributed by atoms with E-state index in [2.05, 4.69) is 33.5 Å². The molecule has 4 aromatic carbocycles. The summed E-state index contributed by atoms with van der Waals surface area (Å²) in [5.74, 6) is -1.63. The quantitative estimate of drug-likeness (QED) is 0.0885. The maximum Gasteiger partial charge on any atom is 0.251 e. The number of ether oxygens (including phenoxy) is 1. The summed E-state index contributed by atoms with van der Waals surface area (Å²) in [7, 11) is 1.71. The Morgan fingerprint density at radius 3 is 1.83 bits per heavy atom. The van der Waals surface area contributed by atoms with Gasteiger partial charge in [-0.3, -0.25) is 28.8 Å². The van der Waals surface area contributed by atoms with E-state index in [9.17, 15) is 28.8 Å². The molecule has 0 aromatic heterocycles. The Morgan fingerprint density at radius 1 is 0.708 bits per heavy atom. The summed E-state index contributed by atoms with van der Waals surface area (Å²) >= 11 is 0. The number of carbonyl (C=O) groups excluding carboxylic acids is 6. The lowest BCUT2D eigenvalue weighted by Crippen LogP contribution is -2.58. The Hall–Kier alpha value is -6.38. The van der Waals surface area contributed by atoms with Gasteiger partial charge >= 0.3 is 0 Å². The van der Waals surface area contributed by atoms with Crippen LogP contribution < -0.4 is 26.6 Å². The Balaban J connectivity index is 1.04. The fourth-order valence-electron chi connectivity index (χ4n) is 8.34. The van der Waals surface area contributed by atoms with E-state index >= 15 is 0 Å². The predicted molar refractivity (Wildman–Crippen MR) is 250 cm³/mol. The first kappa shape index (κ1) is 48.1. The maximum absolute atomic E-state index is 14.5. The number of nitrogens with one attached hydrogen (secondary N) is 5.